The van der Waals surface area contributed by atoms with Crippen LogP contribution in [0.2, 0.25) is 0 Å². The van der Waals surface area contributed by atoms with Crippen molar-refractivity contribution in [2.75, 3.05) is 43.6 Å². The molecule has 36 heavy (non-hydrogen) atoms. The predicted octanol–water partition coefficient (Wildman–Crippen LogP) is 3.81. The molecule has 1 N–H and O–H groups in total. The zero-order valence-electron chi connectivity index (χ0n) is 21.1. The van der Waals surface area contributed by atoms with E-state index in [1.807, 2.05) is 55.9 Å². The van der Waals surface area contributed by atoms with Gasteiger partial charge in [-0.15, -0.1) is 10.2 Å². The van der Waals surface area contributed by atoms with Gasteiger partial charge in [-0.2, -0.15) is 0 Å². The van der Waals surface area contributed by atoms with Gasteiger partial charge in [0.1, 0.15) is 17.1 Å². The molecule has 10 nitrogen and oxygen atoms in total. The lowest BCUT2D eigenvalue weighted by molar-refractivity contribution is -0.000372. The number of anilines is 3. The second-order valence-electron chi connectivity index (χ2n) is 9.86. The van der Waals surface area contributed by atoms with Crippen LogP contribution in [0.5, 0.6) is 5.75 Å². The Balaban J connectivity index is 1.30. The van der Waals surface area contributed by atoms with Crippen LogP contribution in [0.1, 0.15) is 24.4 Å². The second-order valence-corrected chi connectivity index (χ2v) is 9.86. The summed E-state index contributed by atoms with van der Waals surface area (Å²) >= 11 is 0. The third-order valence-electron chi connectivity index (χ3n) is 7.38. The minimum absolute atomic E-state index is 0.348. The van der Waals surface area contributed by atoms with E-state index in [-0.39, 0.29) is 0 Å². The van der Waals surface area contributed by atoms with E-state index < -0.39 is 0 Å². The molecule has 0 radical (unpaired) electrons. The smallest absolute Gasteiger partial charge is 0.227 e. The van der Waals surface area contributed by atoms with Crippen LogP contribution >= 0.6 is 0 Å². The number of aromatic nitrogens is 6. The van der Waals surface area contributed by atoms with Crippen molar-refractivity contribution >= 4 is 28.4 Å². The van der Waals surface area contributed by atoms with Gasteiger partial charge in [0.2, 0.25) is 5.95 Å². The summed E-state index contributed by atoms with van der Waals surface area (Å²) < 4.78 is 13.2. The summed E-state index contributed by atoms with van der Waals surface area (Å²) in [7, 11) is 3.59. The van der Waals surface area contributed by atoms with Gasteiger partial charge in [0.15, 0.2) is 11.6 Å². The number of nitrogens with zero attached hydrogens (tertiary/aromatic N) is 7. The third kappa shape index (κ3) is 3.91. The maximum atomic E-state index is 5.68. The molecule has 1 aromatic carbocycles. The number of fused-ring (bicyclic) bond motifs is 1. The molecule has 2 aliphatic rings. The highest BCUT2D eigenvalue weighted by Crippen LogP contribution is 2.43. The first-order chi connectivity index (χ1) is 17.4. The van der Waals surface area contributed by atoms with Crippen LogP contribution in [0, 0.1) is 19.3 Å². The van der Waals surface area contributed by atoms with E-state index in [1.165, 1.54) is 0 Å². The molecule has 0 unspecified atom stereocenters. The molecule has 1 spiro atoms. The number of benzene rings is 1. The van der Waals surface area contributed by atoms with Crippen molar-refractivity contribution in [2.24, 2.45) is 12.5 Å². The number of methoxy groups -OCH3 is 1. The van der Waals surface area contributed by atoms with Gasteiger partial charge in [-0.3, -0.25) is 0 Å². The normalized spacial score (nSPS) is 16.8. The summed E-state index contributed by atoms with van der Waals surface area (Å²) in [4.78, 5) is 16.7. The topological polar surface area (TPSA) is 103 Å². The first-order valence-corrected chi connectivity index (χ1v) is 12.2. The SMILES string of the molecule is COc1cc(-c2nnc(C)n2C)ccc1Nc1ncc2cc(C)nc(N3CC4(CCOCC4)C3)c2n1. The molecule has 6 rings (SSSR count). The zero-order chi connectivity index (χ0) is 24.9. The first kappa shape index (κ1) is 22.7. The number of hydrogen-bond donors (Lipinski definition) is 1. The minimum Gasteiger partial charge on any atom is -0.495 e. The first-order valence-electron chi connectivity index (χ1n) is 12.2. The Morgan fingerprint density at radius 3 is 2.58 bits per heavy atom. The average Bonchev–Trinajstić information content (AvgIpc) is 3.21. The molecule has 0 amide bonds. The quantitative estimate of drug-likeness (QED) is 0.451. The number of ether oxygens (including phenoxy) is 2. The molecule has 5 heterocycles. The fourth-order valence-corrected chi connectivity index (χ4v) is 5.18. The molecule has 2 saturated heterocycles. The van der Waals surface area contributed by atoms with Crippen LogP contribution < -0.4 is 15.0 Å². The Hall–Kier alpha value is -3.79. The summed E-state index contributed by atoms with van der Waals surface area (Å²) in [5.74, 6) is 3.72. The molecule has 4 aromatic rings. The summed E-state index contributed by atoms with van der Waals surface area (Å²) in [6, 6.07) is 7.91. The summed E-state index contributed by atoms with van der Waals surface area (Å²) in [6.07, 6.45) is 4.08. The Bertz CT molecular complexity index is 1440. The molecule has 0 aliphatic carbocycles. The van der Waals surface area contributed by atoms with Crippen LogP contribution in [0.3, 0.4) is 0 Å². The largest absolute Gasteiger partial charge is 0.495 e. The van der Waals surface area contributed by atoms with Crippen molar-refractivity contribution in [3.8, 4) is 17.1 Å². The van der Waals surface area contributed by atoms with Gasteiger partial charge in [-0.05, 0) is 51.0 Å². The van der Waals surface area contributed by atoms with Gasteiger partial charge in [-0.25, -0.2) is 15.0 Å². The number of aryl methyl sites for hydroxylation is 2. The predicted molar refractivity (Wildman–Crippen MR) is 138 cm³/mol. The Labute approximate surface area is 209 Å². The molecule has 2 aliphatic heterocycles. The van der Waals surface area contributed by atoms with Crippen LogP contribution in [0.25, 0.3) is 22.3 Å². The van der Waals surface area contributed by atoms with Gasteiger partial charge in [-0.1, -0.05) is 0 Å². The number of hydrogen-bond acceptors (Lipinski definition) is 9. The highest BCUT2D eigenvalue weighted by atomic mass is 16.5. The molecular weight excluding hydrogens is 456 g/mol. The molecule has 0 atom stereocenters. The lowest BCUT2D eigenvalue weighted by Gasteiger charge is -2.52. The van der Waals surface area contributed by atoms with Gasteiger partial charge < -0.3 is 24.3 Å². The Kier molecular flexibility index (Phi) is 5.48. The van der Waals surface area contributed by atoms with Crippen molar-refractivity contribution in [3.05, 3.63) is 42.0 Å². The molecule has 2 fully saturated rings. The van der Waals surface area contributed by atoms with Crippen LogP contribution in [0.15, 0.2) is 30.5 Å². The van der Waals surface area contributed by atoms with Gasteiger partial charge in [0.25, 0.3) is 0 Å². The minimum atomic E-state index is 0.348. The summed E-state index contributed by atoms with van der Waals surface area (Å²) in [5, 5.41) is 12.8. The molecule has 186 valence electrons. The van der Waals surface area contributed by atoms with Crippen molar-refractivity contribution in [1.82, 2.24) is 29.7 Å². The van der Waals surface area contributed by atoms with E-state index >= 15 is 0 Å². The molecular formula is C26H30N8O2. The molecule has 3 aromatic heterocycles. The Morgan fingerprint density at radius 2 is 1.86 bits per heavy atom. The van der Waals surface area contributed by atoms with E-state index in [9.17, 15) is 0 Å². The van der Waals surface area contributed by atoms with Gasteiger partial charge in [0, 0.05) is 61.6 Å². The van der Waals surface area contributed by atoms with Crippen molar-refractivity contribution in [3.63, 3.8) is 0 Å². The van der Waals surface area contributed by atoms with E-state index in [2.05, 4.69) is 25.4 Å². The summed E-state index contributed by atoms with van der Waals surface area (Å²) in [6.45, 7) is 7.63. The lowest BCUT2D eigenvalue weighted by Crippen LogP contribution is -2.59. The molecule has 10 heteroatoms. The van der Waals surface area contributed by atoms with E-state index in [0.29, 0.717) is 17.1 Å². The molecule has 0 bridgehead atoms. The van der Waals surface area contributed by atoms with Crippen LogP contribution in [-0.2, 0) is 11.8 Å². The fraction of sp³-hybridized carbons (Fsp3) is 0.423. The molecule has 0 saturated carbocycles. The average molecular weight is 487 g/mol. The number of rotatable bonds is 5. The van der Waals surface area contributed by atoms with E-state index in [0.717, 1.165) is 84.5 Å². The van der Waals surface area contributed by atoms with Crippen LogP contribution in [-0.4, -0.2) is 63.1 Å². The highest BCUT2D eigenvalue weighted by Gasteiger charge is 2.45. The monoisotopic (exact) mass is 486 g/mol. The lowest BCUT2D eigenvalue weighted by atomic mass is 9.73. The standard InChI is InChI=1S/C26H30N8O2/c1-16-11-19-13-27-25(30-22(19)24(28-16)34-14-26(15-34)7-9-36-10-8-26)29-20-6-5-18(12-21(20)35-4)23-32-31-17(2)33(23)3/h5-6,11-13H,7-10,14-15H2,1-4H3,(H,27,29,30). The Morgan fingerprint density at radius 1 is 1.06 bits per heavy atom. The van der Waals surface area contributed by atoms with Crippen molar-refractivity contribution in [2.45, 2.75) is 26.7 Å². The van der Waals surface area contributed by atoms with Crippen molar-refractivity contribution < 1.29 is 9.47 Å². The number of pyridine rings is 1. The third-order valence-corrected chi connectivity index (χ3v) is 7.38. The van der Waals surface area contributed by atoms with Gasteiger partial charge in [0.05, 0.1) is 12.8 Å². The maximum Gasteiger partial charge on any atom is 0.227 e. The van der Waals surface area contributed by atoms with E-state index in [4.69, 9.17) is 19.4 Å². The number of nitrogens with one attached hydrogen (secondary N) is 1. The summed E-state index contributed by atoms with van der Waals surface area (Å²) in [5.41, 5.74) is 3.85. The second kappa shape index (κ2) is 8.70. The maximum absolute atomic E-state index is 5.68. The highest BCUT2D eigenvalue weighted by molar-refractivity contribution is 5.90. The van der Waals surface area contributed by atoms with Gasteiger partial charge >= 0.3 is 0 Å². The fourth-order valence-electron chi connectivity index (χ4n) is 5.18. The zero-order valence-corrected chi connectivity index (χ0v) is 21.1. The van der Waals surface area contributed by atoms with E-state index in [1.54, 1.807) is 7.11 Å². The van der Waals surface area contributed by atoms with Crippen LogP contribution in [0.4, 0.5) is 17.5 Å². The van der Waals surface area contributed by atoms with Crippen molar-refractivity contribution in [1.29, 1.82) is 0 Å².